The van der Waals surface area contributed by atoms with Crippen LogP contribution >= 0.6 is 0 Å². The SMILES string of the molecule is CC(NC(=O)c1ccc[nH]c1=O)c1ccc(S(C)(=O)=O)cc1. The maximum Gasteiger partial charge on any atom is 0.260 e. The third-order valence-electron chi connectivity index (χ3n) is 3.22. The van der Waals surface area contributed by atoms with Crippen LogP contribution in [0, 0.1) is 0 Å². The Labute approximate surface area is 128 Å². The average molecular weight is 320 g/mol. The van der Waals surface area contributed by atoms with Gasteiger partial charge >= 0.3 is 0 Å². The lowest BCUT2D eigenvalue weighted by molar-refractivity contribution is 0.0938. The number of pyridine rings is 1. The van der Waals surface area contributed by atoms with Crippen molar-refractivity contribution in [3.05, 3.63) is 64.1 Å². The second kappa shape index (κ2) is 6.15. The van der Waals surface area contributed by atoms with Crippen LogP contribution in [0.5, 0.6) is 0 Å². The van der Waals surface area contributed by atoms with Crippen molar-refractivity contribution >= 4 is 15.7 Å². The van der Waals surface area contributed by atoms with Crippen LogP contribution in [0.25, 0.3) is 0 Å². The lowest BCUT2D eigenvalue weighted by Crippen LogP contribution is -2.31. The molecule has 0 aliphatic rings. The van der Waals surface area contributed by atoms with Crippen LogP contribution in [0.2, 0.25) is 0 Å². The molecule has 0 aliphatic heterocycles. The van der Waals surface area contributed by atoms with Crippen molar-refractivity contribution in [2.45, 2.75) is 17.9 Å². The molecule has 0 saturated heterocycles. The van der Waals surface area contributed by atoms with E-state index in [2.05, 4.69) is 10.3 Å². The molecule has 0 bridgehead atoms. The molecule has 0 aliphatic carbocycles. The van der Waals surface area contributed by atoms with Gasteiger partial charge in [-0.3, -0.25) is 9.59 Å². The maximum atomic E-state index is 12.0. The molecule has 2 rings (SSSR count). The minimum Gasteiger partial charge on any atom is -0.345 e. The molecule has 22 heavy (non-hydrogen) atoms. The Morgan fingerprint density at radius 1 is 1.18 bits per heavy atom. The zero-order chi connectivity index (χ0) is 16.3. The van der Waals surface area contributed by atoms with Gasteiger partial charge in [0.05, 0.1) is 10.9 Å². The van der Waals surface area contributed by atoms with Gasteiger partial charge in [0.2, 0.25) is 0 Å². The van der Waals surface area contributed by atoms with Gasteiger partial charge in [0.1, 0.15) is 5.56 Å². The van der Waals surface area contributed by atoms with Crippen LogP contribution in [0.4, 0.5) is 0 Å². The van der Waals surface area contributed by atoms with Crippen molar-refractivity contribution in [1.82, 2.24) is 10.3 Å². The molecule has 116 valence electrons. The number of amides is 1. The Bertz CT molecular complexity index is 838. The molecule has 0 fully saturated rings. The quantitative estimate of drug-likeness (QED) is 0.886. The lowest BCUT2D eigenvalue weighted by Gasteiger charge is -2.14. The third-order valence-corrected chi connectivity index (χ3v) is 4.35. The highest BCUT2D eigenvalue weighted by molar-refractivity contribution is 7.90. The normalized spacial score (nSPS) is 12.6. The number of rotatable bonds is 4. The summed E-state index contributed by atoms with van der Waals surface area (Å²) in [5.74, 6) is -0.485. The molecule has 1 amide bonds. The van der Waals surface area contributed by atoms with E-state index in [9.17, 15) is 18.0 Å². The van der Waals surface area contributed by atoms with Crippen LogP contribution in [-0.4, -0.2) is 25.6 Å². The molecular formula is C15H16N2O4S. The largest absolute Gasteiger partial charge is 0.345 e. The minimum absolute atomic E-state index is 0.0297. The van der Waals surface area contributed by atoms with Crippen molar-refractivity contribution in [2.75, 3.05) is 6.26 Å². The van der Waals surface area contributed by atoms with Gasteiger partial charge in [-0.2, -0.15) is 0 Å². The minimum atomic E-state index is -3.25. The monoisotopic (exact) mass is 320 g/mol. The second-order valence-corrected chi connectivity index (χ2v) is 6.97. The van der Waals surface area contributed by atoms with Gasteiger partial charge in [-0.05, 0) is 36.8 Å². The molecule has 1 aromatic heterocycles. The predicted molar refractivity (Wildman–Crippen MR) is 82.5 cm³/mol. The van der Waals surface area contributed by atoms with Crippen LogP contribution in [0.1, 0.15) is 28.9 Å². The number of benzene rings is 1. The summed E-state index contributed by atoms with van der Waals surface area (Å²) in [6, 6.07) is 8.90. The zero-order valence-corrected chi connectivity index (χ0v) is 13.0. The molecule has 2 N–H and O–H groups in total. The van der Waals surface area contributed by atoms with Crippen molar-refractivity contribution in [3.63, 3.8) is 0 Å². The Kier molecular flexibility index (Phi) is 4.46. The van der Waals surface area contributed by atoms with Gasteiger partial charge in [-0.25, -0.2) is 8.42 Å². The Hall–Kier alpha value is -2.41. The van der Waals surface area contributed by atoms with E-state index in [1.807, 2.05) is 0 Å². The standard InChI is InChI=1S/C15H16N2O4S/c1-10(11-5-7-12(8-6-11)22(2,20)21)17-15(19)13-4-3-9-16-14(13)18/h3-10H,1-2H3,(H,16,18)(H,17,19). The van der Waals surface area contributed by atoms with Crippen molar-refractivity contribution in [3.8, 4) is 0 Å². The second-order valence-electron chi connectivity index (χ2n) is 4.95. The van der Waals surface area contributed by atoms with Gasteiger partial charge in [-0.1, -0.05) is 12.1 Å². The molecular weight excluding hydrogens is 304 g/mol. The van der Waals surface area contributed by atoms with Gasteiger partial charge in [-0.15, -0.1) is 0 Å². The number of hydrogen-bond donors (Lipinski definition) is 2. The first-order valence-corrected chi connectivity index (χ1v) is 8.47. The highest BCUT2D eigenvalue weighted by Crippen LogP contribution is 2.16. The van der Waals surface area contributed by atoms with E-state index in [0.717, 1.165) is 11.8 Å². The summed E-state index contributed by atoms with van der Waals surface area (Å²) in [6.07, 6.45) is 2.58. The molecule has 7 heteroatoms. The van der Waals surface area contributed by atoms with Crippen LogP contribution in [0.15, 0.2) is 52.3 Å². The summed E-state index contributed by atoms with van der Waals surface area (Å²) in [6.45, 7) is 1.75. The van der Waals surface area contributed by atoms with E-state index in [4.69, 9.17) is 0 Å². The van der Waals surface area contributed by atoms with Crippen molar-refractivity contribution in [2.24, 2.45) is 0 Å². The summed E-state index contributed by atoms with van der Waals surface area (Å²) in [5, 5.41) is 2.70. The van der Waals surface area contributed by atoms with Crippen LogP contribution in [-0.2, 0) is 9.84 Å². The van der Waals surface area contributed by atoms with E-state index < -0.39 is 21.3 Å². The first-order valence-electron chi connectivity index (χ1n) is 6.57. The van der Waals surface area contributed by atoms with E-state index in [0.29, 0.717) is 0 Å². The van der Waals surface area contributed by atoms with Crippen LogP contribution < -0.4 is 10.9 Å². The molecule has 1 atom stereocenters. The van der Waals surface area contributed by atoms with Crippen molar-refractivity contribution < 1.29 is 13.2 Å². The molecule has 1 aromatic carbocycles. The Balaban J connectivity index is 2.16. The average Bonchev–Trinajstić information content (AvgIpc) is 2.46. The zero-order valence-electron chi connectivity index (χ0n) is 12.2. The van der Waals surface area contributed by atoms with Crippen molar-refractivity contribution in [1.29, 1.82) is 0 Å². The highest BCUT2D eigenvalue weighted by Gasteiger charge is 2.14. The summed E-state index contributed by atoms with van der Waals surface area (Å²) in [4.78, 5) is 26.3. The number of nitrogens with one attached hydrogen (secondary N) is 2. The van der Waals surface area contributed by atoms with E-state index in [1.165, 1.54) is 24.4 Å². The van der Waals surface area contributed by atoms with Gasteiger partial charge < -0.3 is 10.3 Å². The number of hydrogen-bond acceptors (Lipinski definition) is 4. The third kappa shape index (κ3) is 3.62. The topological polar surface area (TPSA) is 96.1 Å². The molecule has 0 saturated carbocycles. The predicted octanol–water partition coefficient (Wildman–Crippen LogP) is 1.27. The van der Waals surface area contributed by atoms with E-state index >= 15 is 0 Å². The lowest BCUT2D eigenvalue weighted by atomic mass is 10.1. The van der Waals surface area contributed by atoms with Gasteiger partial charge in [0.25, 0.3) is 11.5 Å². The number of aromatic amines is 1. The van der Waals surface area contributed by atoms with E-state index in [-0.39, 0.29) is 16.5 Å². The summed E-state index contributed by atoms with van der Waals surface area (Å²) < 4.78 is 22.8. The fourth-order valence-corrected chi connectivity index (χ4v) is 2.59. The van der Waals surface area contributed by atoms with Gasteiger partial charge in [0, 0.05) is 12.5 Å². The number of carbonyl (C=O) groups is 1. The van der Waals surface area contributed by atoms with E-state index in [1.54, 1.807) is 25.1 Å². The highest BCUT2D eigenvalue weighted by atomic mass is 32.2. The summed E-state index contributed by atoms with van der Waals surface area (Å²) in [5.41, 5.74) is 0.315. The van der Waals surface area contributed by atoms with Gasteiger partial charge in [0.15, 0.2) is 9.84 Å². The smallest absolute Gasteiger partial charge is 0.260 e. The molecule has 1 heterocycles. The first-order chi connectivity index (χ1) is 10.3. The number of H-pyrrole nitrogens is 1. The Morgan fingerprint density at radius 3 is 2.36 bits per heavy atom. The number of aromatic nitrogens is 1. The molecule has 1 unspecified atom stereocenters. The molecule has 6 nitrogen and oxygen atoms in total. The fraction of sp³-hybridized carbons (Fsp3) is 0.200. The Morgan fingerprint density at radius 2 is 1.82 bits per heavy atom. The number of carbonyl (C=O) groups excluding carboxylic acids is 1. The van der Waals surface area contributed by atoms with Crippen LogP contribution in [0.3, 0.4) is 0 Å². The summed E-state index contributed by atoms with van der Waals surface area (Å²) >= 11 is 0. The number of sulfone groups is 1. The molecule has 2 aromatic rings. The molecule has 0 radical (unpaired) electrons. The maximum absolute atomic E-state index is 12.0. The molecule has 0 spiro atoms. The summed E-state index contributed by atoms with van der Waals surface area (Å²) in [7, 11) is -3.25. The fourth-order valence-electron chi connectivity index (χ4n) is 1.96. The first kappa shape index (κ1) is 16.0.